The van der Waals surface area contributed by atoms with Crippen molar-refractivity contribution in [2.24, 2.45) is 0 Å². The summed E-state index contributed by atoms with van der Waals surface area (Å²) in [6.07, 6.45) is 2.32. The average Bonchev–Trinajstić information content (AvgIpc) is 2.42. The van der Waals surface area contributed by atoms with Crippen LogP contribution in [-0.2, 0) is 0 Å². The summed E-state index contributed by atoms with van der Waals surface area (Å²) in [5.41, 5.74) is 0.461. The Kier molecular flexibility index (Phi) is 5.53. The molecule has 4 nitrogen and oxygen atoms in total. The Bertz CT molecular complexity index is 480. The van der Waals surface area contributed by atoms with Gasteiger partial charge in [0.1, 0.15) is 11.5 Å². The third kappa shape index (κ3) is 3.17. The first-order valence-electron chi connectivity index (χ1n) is 5.38. The highest BCUT2D eigenvalue weighted by atomic mass is 32.2. The molecule has 5 heteroatoms. The highest BCUT2D eigenvalue weighted by Gasteiger charge is 2.16. The number of hydrogen-bond donors (Lipinski definition) is 0. The molecule has 0 amide bonds. The SMILES string of the molecule is COc1cc(C(=O)CCC#N)c(OC)cc1SC. The fourth-order valence-electron chi connectivity index (χ4n) is 1.55. The van der Waals surface area contributed by atoms with Crippen molar-refractivity contribution in [3.05, 3.63) is 17.7 Å². The number of ketones is 1. The van der Waals surface area contributed by atoms with Crippen LogP contribution >= 0.6 is 11.8 Å². The van der Waals surface area contributed by atoms with Crippen LogP contribution in [0.5, 0.6) is 11.5 Å². The summed E-state index contributed by atoms with van der Waals surface area (Å²) < 4.78 is 10.5. The smallest absolute Gasteiger partial charge is 0.167 e. The zero-order valence-corrected chi connectivity index (χ0v) is 11.5. The minimum absolute atomic E-state index is 0.112. The molecule has 0 heterocycles. The number of carbonyl (C=O) groups excluding carboxylic acids is 1. The van der Waals surface area contributed by atoms with Gasteiger partial charge in [0.05, 0.1) is 30.7 Å². The minimum atomic E-state index is -0.112. The number of methoxy groups -OCH3 is 2. The summed E-state index contributed by atoms with van der Waals surface area (Å²) in [5, 5.41) is 8.51. The lowest BCUT2D eigenvalue weighted by Crippen LogP contribution is -2.03. The average molecular weight is 265 g/mol. The fraction of sp³-hybridized carbons (Fsp3) is 0.385. The van der Waals surface area contributed by atoms with Crippen LogP contribution in [0.2, 0.25) is 0 Å². The van der Waals surface area contributed by atoms with Crippen LogP contribution in [0.25, 0.3) is 0 Å². The van der Waals surface area contributed by atoms with Crippen LogP contribution in [0.3, 0.4) is 0 Å². The number of ether oxygens (including phenoxy) is 2. The monoisotopic (exact) mass is 265 g/mol. The van der Waals surface area contributed by atoms with Crippen molar-refractivity contribution < 1.29 is 14.3 Å². The molecule has 1 aromatic carbocycles. The van der Waals surface area contributed by atoms with E-state index in [0.717, 1.165) is 4.90 Å². The molecule has 0 fully saturated rings. The van der Waals surface area contributed by atoms with Gasteiger partial charge in [-0.25, -0.2) is 0 Å². The third-order valence-electron chi connectivity index (χ3n) is 2.47. The number of hydrogen-bond acceptors (Lipinski definition) is 5. The van der Waals surface area contributed by atoms with E-state index in [1.54, 1.807) is 19.2 Å². The summed E-state index contributed by atoms with van der Waals surface area (Å²) in [6, 6.07) is 5.41. The predicted octanol–water partition coefficient (Wildman–Crippen LogP) is 2.91. The summed E-state index contributed by atoms with van der Waals surface area (Å²) in [7, 11) is 3.08. The van der Waals surface area contributed by atoms with Gasteiger partial charge in [-0.15, -0.1) is 11.8 Å². The standard InChI is InChI=1S/C13H15NO3S/c1-16-11-8-13(18-3)12(17-2)7-9(11)10(15)5-4-6-14/h7-8H,4-5H2,1-3H3. The summed E-state index contributed by atoms with van der Waals surface area (Å²) in [6.45, 7) is 0. The second-order valence-corrected chi connectivity index (χ2v) is 4.34. The van der Waals surface area contributed by atoms with Gasteiger partial charge in [0.25, 0.3) is 0 Å². The molecule has 0 saturated carbocycles. The molecule has 0 aliphatic carbocycles. The number of nitriles is 1. The van der Waals surface area contributed by atoms with Crippen LogP contribution in [0.1, 0.15) is 23.2 Å². The highest BCUT2D eigenvalue weighted by molar-refractivity contribution is 7.98. The molecule has 1 rings (SSSR count). The molecule has 0 aromatic heterocycles. The van der Waals surface area contributed by atoms with Crippen molar-refractivity contribution in [1.82, 2.24) is 0 Å². The number of carbonyl (C=O) groups is 1. The number of benzene rings is 1. The molecule has 96 valence electrons. The Morgan fingerprint density at radius 3 is 2.50 bits per heavy atom. The van der Waals surface area contributed by atoms with E-state index in [-0.39, 0.29) is 18.6 Å². The largest absolute Gasteiger partial charge is 0.496 e. The van der Waals surface area contributed by atoms with E-state index >= 15 is 0 Å². The van der Waals surface area contributed by atoms with Gasteiger partial charge in [-0.1, -0.05) is 0 Å². The zero-order chi connectivity index (χ0) is 13.5. The van der Waals surface area contributed by atoms with Gasteiger partial charge in [0.2, 0.25) is 0 Å². The lowest BCUT2D eigenvalue weighted by molar-refractivity contribution is 0.0980. The van der Waals surface area contributed by atoms with E-state index in [4.69, 9.17) is 14.7 Å². The Hall–Kier alpha value is -1.67. The normalized spacial score (nSPS) is 9.67. The second-order valence-electron chi connectivity index (χ2n) is 3.49. The quantitative estimate of drug-likeness (QED) is 0.584. The van der Waals surface area contributed by atoms with Gasteiger partial charge in [0.15, 0.2) is 5.78 Å². The van der Waals surface area contributed by atoms with Crippen molar-refractivity contribution in [1.29, 1.82) is 5.26 Å². The molecule has 18 heavy (non-hydrogen) atoms. The Morgan fingerprint density at radius 2 is 2.00 bits per heavy atom. The first-order chi connectivity index (χ1) is 8.67. The van der Waals surface area contributed by atoms with Crippen LogP contribution < -0.4 is 9.47 Å². The second kappa shape index (κ2) is 6.92. The molecule has 0 spiro atoms. The lowest BCUT2D eigenvalue weighted by atomic mass is 10.1. The zero-order valence-electron chi connectivity index (χ0n) is 10.6. The van der Waals surface area contributed by atoms with E-state index < -0.39 is 0 Å². The van der Waals surface area contributed by atoms with Crippen LogP contribution in [0, 0.1) is 11.3 Å². The first kappa shape index (κ1) is 14.4. The number of thioether (sulfide) groups is 1. The number of nitrogens with zero attached hydrogens (tertiary/aromatic N) is 1. The fourth-order valence-corrected chi connectivity index (χ4v) is 2.12. The van der Waals surface area contributed by atoms with Crippen LogP contribution in [-0.4, -0.2) is 26.3 Å². The summed E-state index contributed by atoms with van der Waals surface area (Å²) in [4.78, 5) is 12.9. The maximum absolute atomic E-state index is 12.0. The molecular weight excluding hydrogens is 250 g/mol. The van der Waals surface area contributed by atoms with E-state index in [2.05, 4.69) is 0 Å². The van der Waals surface area contributed by atoms with Crippen molar-refractivity contribution >= 4 is 17.5 Å². The first-order valence-corrected chi connectivity index (χ1v) is 6.60. The molecule has 0 unspecified atom stereocenters. The Labute approximate surface area is 111 Å². The van der Waals surface area contributed by atoms with Gasteiger partial charge in [-0.2, -0.15) is 5.26 Å². The molecule has 0 radical (unpaired) electrons. The van der Waals surface area contributed by atoms with Crippen molar-refractivity contribution in [3.63, 3.8) is 0 Å². The van der Waals surface area contributed by atoms with E-state index in [9.17, 15) is 4.79 Å². The van der Waals surface area contributed by atoms with Crippen molar-refractivity contribution in [2.45, 2.75) is 17.7 Å². The highest BCUT2D eigenvalue weighted by Crippen LogP contribution is 2.35. The molecule has 0 saturated heterocycles. The van der Waals surface area contributed by atoms with Gasteiger partial charge in [0, 0.05) is 12.8 Å². The van der Waals surface area contributed by atoms with E-state index in [0.29, 0.717) is 17.1 Å². The number of rotatable bonds is 6. The summed E-state index contributed by atoms with van der Waals surface area (Å²) >= 11 is 1.52. The Balaban J connectivity index is 3.17. The van der Waals surface area contributed by atoms with Gasteiger partial charge in [-0.3, -0.25) is 4.79 Å². The maximum atomic E-state index is 12.0. The van der Waals surface area contributed by atoms with E-state index in [1.807, 2.05) is 12.3 Å². The molecular formula is C13H15NO3S. The predicted molar refractivity (Wildman–Crippen MR) is 70.5 cm³/mol. The van der Waals surface area contributed by atoms with E-state index in [1.165, 1.54) is 18.9 Å². The van der Waals surface area contributed by atoms with Crippen LogP contribution in [0.4, 0.5) is 0 Å². The topological polar surface area (TPSA) is 59.3 Å². The minimum Gasteiger partial charge on any atom is -0.496 e. The van der Waals surface area contributed by atoms with Crippen molar-refractivity contribution in [3.8, 4) is 17.6 Å². The molecule has 1 aromatic rings. The molecule has 0 aliphatic heterocycles. The molecule has 0 N–H and O–H groups in total. The molecule has 0 aliphatic rings. The van der Waals surface area contributed by atoms with Crippen molar-refractivity contribution in [2.75, 3.05) is 20.5 Å². The summed E-state index contributed by atoms with van der Waals surface area (Å²) in [5.74, 6) is 1.05. The van der Waals surface area contributed by atoms with Gasteiger partial charge < -0.3 is 9.47 Å². The van der Waals surface area contributed by atoms with Gasteiger partial charge >= 0.3 is 0 Å². The Morgan fingerprint density at radius 1 is 1.33 bits per heavy atom. The van der Waals surface area contributed by atoms with Crippen LogP contribution in [0.15, 0.2) is 17.0 Å². The number of Topliss-reactive ketones (excluding diaryl/α,β-unsaturated/α-hetero) is 1. The molecule has 0 atom stereocenters. The molecule has 0 bridgehead atoms. The third-order valence-corrected chi connectivity index (χ3v) is 3.23. The maximum Gasteiger partial charge on any atom is 0.167 e. The lowest BCUT2D eigenvalue weighted by Gasteiger charge is -2.12. The van der Waals surface area contributed by atoms with Gasteiger partial charge in [-0.05, 0) is 18.4 Å².